The van der Waals surface area contributed by atoms with Crippen LogP contribution >= 0.6 is 0 Å². The molecule has 2 aromatic carbocycles. The van der Waals surface area contributed by atoms with E-state index in [-0.39, 0.29) is 16.9 Å². The van der Waals surface area contributed by atoms with E-state index in [0.29, 0.717) is 6.54 Å². The summed E-state index contributed by atoms with van der Waals surface area (Å²) in [5, 5.41) is 13.6. The Morgan fingerprint density at radius 1 is 1.14 bits per heavy atom. The lowest BCUT2D eigenvalue weighted by Crippen LogP contribution is -2.25. The zero-order valence-electron chi connectivity index (χ0n) is 11.1. The molecular weight excluding hydrogens is 272 g/mol. The Morgan fingerprint density at radius 3 is 2.48 bits per heavy atom. The molecule has 0 aliphatic heterocycles. The van der Waals surface area contributed by atoms with Crippen molar-refractivity contribution >= 4 is 17.3 Å². The molecule has 0 atom stereocenters. The standard InChI is InChI=1S/C14H14N4O3/c15-17-13-11(7-4-8-12(13)18(20)21)14(19)16-9-10-5-2-1-3-6-10/h1-8,17H,9,15H2,(H,16,19). The van der Waals surface area contributed by atoms with Crippen LogP contribution in [0.25, 0.3) is 0 Å². The number of nitro benzene ring substituents is 1. The van der Waals surface area contributed by atoms with Crippen LogP contribution in [0.2, 0.25) is 0 Å². The first kappa shape index (κ1) is 14.5. The van der Waals surface area contributed by atoms with Gasteiger partial charge in [-0.1, -0.05) is 36.4 Å². The highest BCUT2D eigenvalue weighted by Crippen LogP contribution is 2.27. The van der Waals surface area contributed by atoms with Crippen LogP contribution < -0.4 is 16.6 Å². The molecule has 0 saturated carbocycles. The first-order valence-corrected chi connectivity index (χ1v) is 6.19. The number of nitrogen functional groups attached to an aromatic ring is 1. The molecule has 7 nitrogen and oxygen atoms in total. The summed E-state index contributed by atoms with van der Waals surface area (Å²) < 4.78 is 0. The number of carbonyl (C=O) groups is 1. The van der Waals surface area contributed by atoms with Crippen molar-refractivity contribution in [1.29, 1.82) is 0 Å². The van der Waals surface area contributed by atoms with Gasteiger partial charge in [-0.3, -0.25) is 20.8 Å². The molecule has 0 fully saturated rings. The van der Waals surface area contributed by atoms with E-state index in [1.165, 1.54) is 18.2 Å². The zero-order valence-corrected chi connectivity index (χ0v) is 11.1. The second-order valence-corrected chi connectivity index (χ2v) is 4.27. The summed E-state index contributed by atoms with van der Waals surface area (Å²) in [4.78, 5) is 22.5. The fourth-order valence-electron chi connectivity index (χ4n) is 1.91. The lowest BCUT2D eigenvalue weighted by Gasteiger charge is -2.10. The average Bonchev–Trinajstić information content (AvgIpc) is 2.52. The van der Waals surface area contributed by atoms with Crippen molar-refractivity contribution in [3.63, 3.8) is 0 Å². The van der Waals surface area contributed by atoms with Gasteiger partial charge in [0, 0.05) is 12.6 Å². The van der Waals surface area contributed by atoms with E-state index in [2.05, 4.69) is 10.7 Å². The summed E-state index contributed by atoms with van der Waals surface area (Å²) in [6.07, 6.45) is 0. The first-order valence-electron chi connectivity index (χ1n) is 6.19. The van der Waals surface area contributed by atoms with Crippen molar-refractivity contribution < 1.29 is 9.72 Å². The van der Waals surface area contributed by atoms with Crippen LogP contribution in [-0.4, -0.2) is 10.8 Å². The molecule has 2 rings (SSSR count). The number of nitrogens with one attached hydrogen (secondary N) is 2. The number of hydrazine groups is 1. The third-order valence-electron chi connectivity index (χ3n) is 2.92. The number of amides is 1. The van der Waals surface area contributed by atoms with Gasteiger partial charge in [0.2, 0.25) is 0 Å². The SMILES string of the molecule is NNc1c(C(=O)NCc2ccccc2)cccc1[N+](=O)[O-]. The molecule has 0 aliphatic carbocycles. The third-order valence-corrected chi connectivity index (χ3v) is 2.92. The van der Waals surface area contributed by atoms with Crippen LogP contribution in [0.4, 0.5) is 11.4 Å². The van der Waals surface area contributed by atoms with Crippen LogP contribution in [0.3, 0.4) is 0 Å². The molecule has 21 heavy (non-hydrogen) atoms. The molecule has 0 radical (unpaired) electrons. The smallest absolute Gasteiger partial charge is 0.294 e. The number of nitro groups is 1. The quantitative estimate of drug-likeness (QED) is 0.441. The molecule has 0 heterocycles. The highest BCUT2D eigenvalue weighted by Gasteiger charge is 2.20. The van der Waals surface area contributed by atoms with Crippen molar-refractivity contribution in [2.75, 3.05) is 5.43 Å². The number of nitrogens with zero attached hydrogens (tertiary/aromatic N) is 1. The molecule has 108 valence electrons. The number of carbonyl (C=O) groups excluding carboxylic acids is 1. The number of anilines is 1. The van der Waals surface area contributed by atoms with Gasteiger partial charge in [0.15, 0.2) is 0 Å². The summed E-state index contributed by atoms with van der Waals surface area (Å²) in [5.74, 6) is 4.87. The largest absolute Gasteiger partial charge is 0.348 e. The molecule has 0 saturated heterocycles. The van der Waals surface area contributed by atoms with Gasteiger partial charge < -0.3 is 10.7 Å². The van der Waals surface area contributed by atoms with Crippen molar-refractivity contribution in [1.82, 2.24) is 5.32 Å². The van der Waals surface area contributed by atoms with Gasteiger partial charge in [0.25, 0.3) is 11.6 Å². The maximum atomic E-state index is 12.1. The summed E-state index contributed by atoms with van der Waals surface area (Å²) >= 11 is 0. The van der Waals surface area contributed by atoms with E-state index in [4.69, 9.17) is 5.84 Å². The normalized spacial score (nSPS) is 9.95. The van der Waals surface area contributed by atoms with Crippen molar-refractivity contribution in [3.05, 3.63) is 69.8 Å². The Balaban J connectivity index is 2.19. The summed E-state index contributed by atoms with van der Waals surface area (Å²) in [6, 6.07) is 13.5. The predicted molar refractivity (Wildman–Crippen MR) is 78.5 cm³/mol. The van der Waals surface area contributed by atoms with Crippen molar-refractivity contribution in [2.24, 2.45) is 5.84 Å². The van der Waals surface area contributed by atoms with Gasteiger partial charge >= 0.3 is 0 Å². The highest BCUT2D eigenvalue weighted by atomic mass is 16.6. The van der Waals surface area contributed by atoms with E-state index in [0.717, 1.165) is 5.56 Å². The van der Waals surface area contributed by atoms with E-state index in [1.807, 2.05) is 30.3 Å². The lowest BCUT2D eigenvalue weighted by molar-refractivity contribution is -0.384. The van der Waals surface area contributed by atoms with Gasteiger partial charge in [-0.05, 0) is 11.6 Å². The highest BCUT2D eigenvalue weighted by molar-refractivity contribution is 6.01. The van der Waals surface area contributed by atoms with Crippen LogP contribution in [0, 0.1) is 10.1 Å². The first-order chi connectivity index (χ1) is 10.1. The molecule has 7 heteroatoms. The molecule has 0 aromatic heterocycles. The Bertz CT molecular complexity index is 659. The molecule has 0 spiro atoms. The number of benzene rings is 2. The number of nitrogens with two attached hydrogens (primary N) is 1. The van der Waals surface area contributed by atoms with Crippen LogP contribution in [0.15, 0.2) is 48.5 Å². The number of rotatable bonds is 5. The second-order valence-electron chi connectivity index (χ2n) is 4.27. The van der Waals surface area contributed by atoms with Crippen LogP contribution in [0.1, 0.15) is 15.9 Å². The van der Waals surface area contributed by atoms with Crippen LogP contribution in [0.5, 0.6) is 0 Å². The number of hydrogen-bond donors (Lipinski definition) is 3. The van der Waals surface area contributed by atoms with Gasteiger partial charge in [-0.25, -0.2) is 0 Å². The number of hydrogen-bond acceptors (Lipinski definition) is 5. The summed E-state index contributed by atoms with van der Waals surface area (Å²) in [5.41, 5.74) is 3.03. The van der Waals surface area contributed by atoms with E-state index >= 15 is 0 Å². The second kappa shape index (κ2) is 6.49. The van der Waals surface area contributed by atoms with Gasteiger partial charge in [-0.15, -0.1) is 0 Å². The Morgan fingerprint density at radius 2 is 1.86 bits per heavy atom. The monoisotopic (exact) mass is 286 g/mol. The topological polar surface area (TPSA) is 110 Å². The molecule has 1 amide bonds. The van der Waals surface area contributed by atoms with Crippen molar-refractivity contribution in [3.8, 4) is 0 Å². The van der Waals surface area contributed by atoms with E-state index in [9.17, 15) is 14.9 Å². The average molecular weight is 286 g/mol. The maximum Gasteiger partial charge on any atom is 0.294 e. The Labute approximate surface area is 120 Å². The minimum absolute atomic E-state index is 0.00642. The van der Waals surface area contributed by atoms with E-state index < -0.39 is 10.8 Å². The zero-order chi connectivity index (χ0) is 15.2. The molecule has 0 unspecified atom stereocenters. The summed E-state index contributed by atoms with van der Waals surface area (Å²) in [7, 11) is 0. The number of para-hydroxylation sites is 1. The predicted octanol–water partition coefficient (Wildman–Crippen LogP) is 1.81. The minimum atomic E-state index is -0.594. The Hall–Kier alpha value is -2.93. The van der Waals surface area contributed by atoms with E-state index in [1.54, 1.807) is 0 Å². The minimum Gasteiger partial charge on any atom is -0.348 e. The van der Waals surface area contributed by atoms with Gasteiger partial charge in [0.1, 0.15) is 5.69 Å². The fourth-order valence-corrected chi connectivity index (χ4v) is 1.91. The van der Waals surface area contributed by atoms with Crippen molar-refractivity contribution in [2.45, 2.75) is 6.54 Å². The van der Waals surface area contributed by atoms with Gasteiger partial charge in [0.05, 0.1) is 10.5 Å². The molecular formula is C14H14N4O3. The fraction of sp³-hybridized carbons (Fsp3) is 0.0714. The summed E-state index contributed by atoms with van der Waals surface area (Å²) in [6.45, 7) is 0.326. The van der Waals surface area contributed by atoms with Gasteiger partial charge in [-0.2, -0.15) is 0 Å². The lowest BCUT2D eigenvalue weighted by atomic mass is 10.1. The third kappa shape index (κ3) is 3.34. The Kier molecular flexibility index (Phi) is 4.47. The molecule has 0 aliphatic rings. The molecule has 0 bridgehead atoms. The van der Waals surface area contributed by atoms with Crippen LogP contribution in [-0.2, 0) is 6.54 Å². The maximum absolute atomic E-state index is 12.1. The molecule has 2 aromatic rings. The molecule has 4 N–H and O–H groups in total.